The van der Waals surface area contributed by atoms with E-state index in [0.29, 0.717) is 17.2 Å². The monoisotopic (exact) mass is 443 g/mol. The van der Waals surface area contributed by atoms with E-state index in [9.17, 15) is 23.2 Å². The number of para-hydroxylation sites is 3. The van der Waals surface area contributed by atoms with Crippen molar-refractivity contribution in [2.45, 2.75) is 18.1 Å². The number of ether oxygens (including phenoxy) is 1. The van der Waals surface area contributed by atoms with E-state index in [0.717, 1.165) is 17.8 Å². The van der Waals surface area contributed by atoms with Crippen LogP contribution in [-0.2, 0) is 11.0 Å². The number of benzene rings is 2. The summed E-state index contributed by atoms with van der Waals surface area (Å²) < 4.78 is 45.4. The zero-order valence-corrected chi connectivity index (χ0v) is 17.1. The summed E-state index contributed by atoms with van der Waals surface area (Å²) in [6, 6.07) is 18.2. The Balaban J connectivity index is 1.74. The van der Waals surface area contributed by atoms with Crippen LogP contribution in [0.5, 0.6) is 11.5 Å². The van der Waals surface area contributed by atoms with Gasteiger partial charge >= 0.3 is 6.18 Å². The summed E-state index contributed by atoms with van der Waals surface area (Å²) >= 11 is 0.767. The van der Waals surface area contributed by atoms with Gasteiger partial charge in [-0.05, 0) is 37.3 Å². The number of pyridine rings is 1. The second-order valence-electron chi connectivity index (χ2n) is 6.35. The third-order valence-corrected chi connectivity index (χ3v) is 4.98. The molecule has 0 aliphatic carbocycles. The van der Waals surface area contributed by atoms with Gasteiger partial charge in [0.1, 0.15) is 16.8 Å². The summed E-state index contributed by atoms with van der Waals surface area (Å²) in [4.78, 5) is 16.4. The molecular formula is C22H16F3N3O2S. The van der Waals surface area contributed by atoms with Crippen molar-refractivity contribution in [3.05, 3.63) is 77.5 Å². The van der Waals surface area contributed by atoms with Gasteiger partial charge in [-0.3, -0.25) is 4.79 Å². The van der Waals surface area contributed by atoms with Crippen molar-refractivity contribution in [3.63, 3.8) is 0 Å². The van der Waals surface area contributed by atoms with Crippen LogP contribution >= 0.6 is 11.8 Å². The van der Waals surface area contributed by atoms with Gasteiger partial charge in [0.2, 0.25) is 5.91 Å². The van der Waals surface area contributed by atoms with Crippen molar-refractivity contribution in [2.24, 2.45) is 0 Å². The Labute approximate surface area is 180 Å². The maximum atomic E-state index is 13.2. The van der Waals surface area contributed by atoms with Gasteiger partial charge in [0, 0.05) is 5.69 Å². The molecule has 9 heteroatoms. The number of carbonyl (C=O) groups excluding carboxylic acids is 1. The molecule has 2 aromatic carbocycles. The normalized spacial score (nSPS) is 10.9. The molecule has 1 heterocycles. The van der Waals surface area contributed by atoms with Crippen molar-refractivity contribution in [1.29, 1.82) is 5.26 Å². The molecule has 0 atom stereocenters. The van der Waals surface area contributed by atoms with Crippen LogP contribution in [0.3, 0.4) is 0 Å². The van der Waals surface area contributed by atoms with E-state index in [1.54, 1.807) is 42.5 Å². The molecule has 3 aromatic rings. The van der Waals surface area contributed by atoms with Crippen molar-refractivity contribution in [3.8, 4) is 17.6 Å². The Hall–Kier alpha value is -3.51. The molecule has 0 aliphatic rings. The number of alkyl halides is 3. The lowest BCUT2D eigenvalue weighted by Gasteiger charge is -2.14. The summed E-state index contributed by atoms with van der Waals surface area (Å²) in [6.07, 6.45) is -4.69. The number of carbonyl (C=O) groups is 1. The molecule has 0 unspecified atom stereocenters. The zero-order valence-electron chi connectivity index (χ0n) is 16.2. The largest absolute Gasteiger partial charge is 0.455 e. The average Bonchev–Trinajstić information content (AvgIpc) is 2.73. The summed E-state index contributed by atoms with van der Waals surface area (Å²) in [5.41, 5.74) is -1.14. The minimum absolute atomic E-state index is 0.107. The first-order chi connectivity index (χ1) is 14.8. The van der Waals surface area contributed by atoms with Crippen LogP contribution in [-0.4, -0.2) is 16.6 Å². The summed E-state index contributed by atoms with van der Waals surface area (Å²) in [7, 11) is 0. The molecular weight excluding hydrogens is 427 g/mol. The average molecular weight is 443 g/mol. The van der Waals surface area contributed by atoms with Crippen LogP contribution in [0.1, 0.15) is 16.8 Å². The van der Waals surface area contributed by atoms with Gasteiger partial charge < -0.3 is 10.1 Å². The van der Waals surface area contributed by atoms with Crippen molar-refractivity contribution >= 4 is 23.4 Å². The lowest BCUT2D eigenvalue weighted by molar-refractivity contribution is -0.138. The Bertz CT molecular complexity index is 1130. The maximum absolute atomic E-state index is 13.2. The Morgan fingerprint density at radius 1 is 1.16 bits per heavy atom. The quantitative estimate of drug-likeness (QED) is 0.487. The summed E-state index contributed by atoms with van der Waals surface area (Å²) in [6.45, 7) is 1.40. The van der Waals surface area contributed by atoms with Crippen LogP contribution in [0.15, 0.2) is 65.7 Å². The lowest BCUT2D eigenvalue weighted by Crippen LogP contribution is -2.15. The number of nitrogens with one attached hydrogen (secondary N) is 1. The molecule has 0 radical (unpaired) electrons. The Morgan fingerprint density at radius 3 is 2.52 bits per heavy atom. The predicted molar refractivity (Wildman–Crippen MR) is 111 cm³/mol. The van der Waals surface area contributed by atoms with Gasteiger partial charge in [0.15, 0.2) is 5.75 Å². The number of hydrogen-bond donors (Lipinski definition) is 1. The molecule has 158 valence electrons. The minimum Gasteiger partial charge on any atom is -0.455 e. The van der Waals surface area contributed by atoms with Crippen molar-refractivity contribution in [2.75, 3.05) is 11.1 Å². The summed E-state index contributed by atoms with van der Waals surface area (Å²) in [5.74, 6) is 0.288. The standard InChI is InChI=1S/C22H16F3N3O2S/c1-14-11-17(22(23,24)25)16(12-26)21(27-14)31-13-20(29)28-18-9-5-6-10-19(18)30-15-7-3-2-4-8-15/h2-11H,13H2,1H3,(H,28,29). The van der Waals surface area contributed by atoms with Gasteiger partial charge in [-0.15, -0.1) is 0 Å². The van der Waals surface area contributed by atoms with Crippen LogP contribution in [0.4, 0.5) is 18.9 Å². The fourth-order valence-electron chi connectivity index (χ4n) is 2.68. The molecule has 3 rings (SSSR count). The first-order valence-electron chi connectivity index (χ1n) is 9.01. The zero-order chi connectivity index (χ0) is 22.4. The number of halogens is 3. The van der Waals surface area contributed by atoms with Crippen molar-refractivity contribution in [1.82, 2.24) is 4.98 Å². The number of nitrogens with zero attached hydrogens (tertiary/aromatic N) is 2. The summed E-state index contributed by atoms with van der Waals surface area (Å²) in [5, 5.41) is 11.8. The second-order valence-corrected chi connectivity index (χ2v) is 7.31. The number of aromatic nitrogens is 1. The number of aryl methyl sites for hydroxylation is 1. The fourth-order valence-corrected chi connectivity index (χ4v) is 3.52. The number of thioether (sulfide) groups is 1. The smallest absolute Gasteiger partial charge is 0.417 e. The minimum atomic E-state index is -4.69. The van der Waals surface area contributed by atoms with Crippen LogP contribution in [0, 0.1) is 18.3 Å². The molecule has 0 saturated heterocycles. The highest BCUT2D eigenvalue weighted by Crippen LogP contribution is 2.36. The predicted octanol–water partition coefficient (Wildman–Crippen LogP) is 5.80. The molecule has 1 N–H and O–H groups in total. The van der Waals surface area contributed by atoms with Gasteiger partial charge in [0.25, 0.3) is 0 Å². The highest BCUT2D eigenvalue weighted by molar-refractivity contribution is 8.00. The second kappa shape index (κ2) is 9.53. The Kier molecular flexibility index (Phi) is 6.82. The number of rotatable bonds is 6. The van der Waals surface area contributed by atoms with E-state index < -0.39 is 23.2 Å². The van der Waals surface area contributed by atoms with E-state index in [1.807, 2.05) is 18.2 Å². The van der Waals surface area contributed by atoms with Crippen LogP contribution < -0.4 is 10.1 Å². The van der Waals surface area contributed by atoms with Gasteiger partial charge in [0.05, 0.1) is 22.6 Å². The Morgan fingerprint density at radius 2 is 1.84 bits per heavy atom. The first-order valence-corrected chi connectivity index (χ1v) is 10.00. The molecule has 1 aromatic heterocycles. The fraction of sp³-hybridized carbons (Fsp3) is 0.136. The SMILES string of the molecule is Cc1cc(C(F)(F)F)c(C#N)c(SCC(=O)Nc2ccccc2Oc2ccccc2)n1. The van der Waals surface area contributed by atoms with Crippen LogP contribution in [0.2, 0.25) is 0 Å². The highest BCUT2D eigenvalue weighted by atomic mass is 32.2. The molecule has 0 spiro atoms. The van der Waals surface area contributed by atoms with E-state index in [4.69, 9.17) is 4.74 Å². The highest BCUT2D eigenvalue weighted by Gasteiger charge is 2.35. The number of anilines is 1. The third-order valence-electron chi connectivity index (χ3n) is 4.00. The number of amides is 1. The molecule has 1 amide bonds. The molecule has 0 saturated carbocycles. The van der Waals surface area contributed by atoms with Crippen LogP contribution in [0.25, 0.3) is 0 Å². The van der Waals surface area contributed by atoms with E-state index in [-0.39, 0.29) is 16.5 Å². The lowest BCUT2D eigenvalue weighted by atomic mass is 10.1. The molecule has 0 aliphatic heterocycles. The first kappa shape index (κ1) is 22.2. The van der Waals surface area contributed by atoms with Crippen molar-refractivity contribution < 1.29 is 22.7 Å². The molecule has 31 heavy (non-hydrogen) atoms. The van der Waals surface area contributed by atoms with E-state index >= 15 is 0 Å². The van der Waals surface area contributed by atoms with E-state index in [1.165, 1.54) is 6.92 Å². The number of hydrogen-bond acceptors (Lipinski definition) is 5. The molecule has 5 nitrogen and oxygen atoms in total. The van der Waals surface area contributed by atoms with Gasteiger partial charge in [-0.1, -0.05) is 42.1 Å². The van der Waals surface area contributed by atoms with Gasteiger partial charge in [-0.25, -0.2) is 4.98 Å². The third kappa shape index (κ3) is 5.77. The topological polar surface area (TPSA) is 75.0 Å². The molecule has 0 fully saturated rings. The number of nitriles is 1. The van der Waals surface area contributed by atoms with E-state index in [2.05, 4.69) is 10.3 Å². The molecule has 0 bridgehead atoms. The maximum Gasteiger partial charge on any atom is 0.417 e. The van der Waals surface area contributed by atoms with Gasteiger partial charge in [-0.2, -0.15) is 18.4 Å².